The molecule has 32 heavy (non-hydrogen) atoms. The van der Waals surface area contributed by atoms with Crippen molar-refractivity contribution < 1.29 is 67.0 Å². The van der Waals surface area contributed by atoms with Crippen LogP contribution in [0, 0.1) is 0 Å². The van der Waals surface area contributed by atoms with Crippen molar-refractivity contribution in [1.82, 2.24) is 0 Å². The number of halogens is 12. The number of benzene rings is 2. The van der Waals surface area contributed by atoms with E-state index in [0.29, 0.717) is 12.1 Å². The van der Waals surface area contributed by atoms with E-state index in [4.69, 9.17) is 0 Å². The Morgan fingerprint density at radius 1 is 0.500 bits per heavy atom. The van der Waals surface area contributed by atoms with Crippen molar-refractivity contribution in [3.63, 3.8) is 0 Å². The monoisotopic (exact) mass is 486 g/mol. The normalized spacial score (nSPS) is 13.1. The number of carbonyl (C=O) groups excluding carboxylic acids is 1. The van der Waals surface area contributed by atoms with Crippen molar-refractivity contribution in [2.24, 2.45) is 0 Å². The summed E-state index contributed by atoms with van der Waals surface area (Å²) in [5, 5.41) is 0. The van der Waals surface area contributed by atoms with E-state index in [9.17, 15) is 57.5 Å². The summed E-state index contributed by atoms with van der Waals surface area (Å²) in [4.78, 5) is 11.8. The molecule has 2 aromatic rings. The van der Waals surface area contributed by atoms with Crippen molar-refractivity contribution >= 4 is 6.16 Å². The van der Waals surface area contributed by atoms with Gasteiger partial charge in [0.1, 0.15) is 0 Å². The second kappa shape index (κ2) is 8.09. The van der Waals surface area contributed by atoms with Crippen LogP contribution in [0.5, 0.6) is 11.5 Å². The predicted molar refractivity (Wildman–Crippen MR) is 79.5 cm³/mol. The first-order chi connectivity index (χ1) is 14.3. The van der Waals surface area contributed by atoms with E-state index in [1.165, 1.54) is 0 Å². The van der Waals surface area contributed by atoms with Gasteiger partial charge in [-0.1, -0.05) is 12.1 Å². The van der Waals surface area contributed by atoms with E-state index < -0.39 is 64.6 Å². The third-order valence-electron chi connectivity index (χ3n) is 3.62. The third kappa shape index (κ3) is 5.56. The number of alkyl halides is 12. The number of carbonyl (C=O) groups is 1. The minimum atomic E-state index is -5.54. The summed E-state index contributed by atoms with van der Waals surface area (Å²) in [5.74, 6) is -4.42. The van der Waals surface area contributed by atoms with Gasteiger partial charge in [0.25, 0.3) is 0 Å². The summed E-state index contributed by atoms with van der Waals surface area (Å²) < 4.78 is 164. The molecule has 0 N–H and O–H groups in total. The van der Waals surface area contributed by atoms with Crippen LogP contribution in [-0.4, -0.2) is 6.16 Å². The molecule has 2 rings (SSSR count). The lowest BCUT2D eigenvalue weighted by atomic mass is 10.1. The minimum absolute atomic E-state index is 0.0443. The SMILES string of the molecule is O=C(Oc1c(C(F)(F)F)cccc1C(F)(F)F)Oc1c(C(F)(F)F)cccc1C(F)(F)F. The van der Waals surface area contributed by atoms with Gasteiger partial charge >= 0.3 is 30.9 Å². The molecule has 0 aliphatic heterocycles. The highest BCUT2D eigenvalue weighted by Crippen LogP contribution is 2.46. The first-order valence-electron chi connectivity index (χ1n) is 7.78. The molecule has 0 aliphatic rings. The molecule has 0 radical (unpaired) electrons. The van der Waals surface area contributed by atoms with Crippen LogP contribution in [0.4, 0.5) is 57.5 Å². The molecule has 0 bridgehead atoms. The van der Waals surface area contributed by atoms with Gasteiger partial charge < -0.3 is 9.47 Å². The molecule has 3 nitrogen and oxygen atoms in total. The predicted octanol–water partition coefficient (Wildman–Crippen LogP) is 7.34. The van der Waals surface area contributed by atoms with Crippen LogP contribution in [0.25, 0.3) is 0 Å². The molecule has 0 saturated heterocycles. The molecule has 15 heteroatoms. The molecular formula is C17H6F12O3. The van der Waals surface area contributed by atoms with Gasteiger partial charge in [-0.25, -0.2) is 4.79 Å². The molecular weight excluding hydrogens is 480 g/mol. The van der Waals surface area contributed by atoms with E-state index in [-0.39, 0.29) is 24.3 Å². The quantitative estimate of drug-likeness (QED) is 0.253. The van der Waals surface area contributed by atoms with E-state index in [1.54, 1.807) is 0 Å². The van der Waals surface area contributed by atoms with Crippen molar-refractivity contribution in [3.8, 4) is 11.5 Å². The summed E-state index contributed by atoms with van der Waals surface area (Å²) in [7, 11) is 0. The highest BCUT2D eigenvalue weighted by Gasteiger charge is 2.45. The van der Waals surface area contributed by atoms with Crippen molar-refractivity contribution in [2.45, 2.75) is 24.7 Å². The molecule has 0 aliphatic carbocycles. The zero-order valence-corrected chi connectivity index (χ0v) is 14.7. The Morgan fingerprint density at radius 3 is 0.906 bits per heavy atom. The Kier molecular flexibility index (Phi) is 6.35. The highest BCUT2D eigenvalue weighted by molar-refractivity contribution is 5.70. The van der Waals surface area contributed by atoms with E-state index in [1.807, 2.05) is 0 Å². The first kappa shape index (κ1) is 25.1. The lowest BCUT2D eigenvalue weighted by molar-refractivity contribution is -0.145. The Morgan fingerprint density at radius 2 is 0.719 bits per heavy atom. The lowest BCUT2D eigenvalue weighted by Gasteiger charge is -2.20. The highest BCUT2D eigenvalue weighted by atomic mass is 19.4. The fraction of sp³-hybridized carbons (Fsp3) is 0.235. The fourth-order valence-corrected chi connectivity index (χ4v) is 2.37. The zero-order chi connectivity index (χ0) is 24.7. The molecule has 0 atom stereocenters. The van der Waals surface area contributed by atoms with Crippen LogP contribution in [0.15, 0.2) is 36.4 Å². The Hall–Kier alpha value is -3.13. The Labute approximate surface area is 169 Å². The maximum absolute atomic E-state index is 13.0. The molecule has 0 heterocycles. The molecule has 176 valence electrons. The second-order valence-electron chi connectivity index (χ2n) is 5.81. The molecule has 0 amide bonds. The van der Waals surface area contributed by atoms with Crippen LogP contribution >= 0.6 is 0 Å². The average molecular weight is 486 g/mol. The third-order valence-corrected chi connectivity index (χ3v) is 3.62. The Balaban J connectivity index is 2.58. The molecule has 2 aromatic carbocycles. The number of para-hydroxylation sites is 2. The van der Waals surface area contributed by atoms with Gasteiger partial charge in [-0.2, -0.15) is 52.7 Å². The van der Waals surface area contributed by atoms with Crippen LogP contribution in [0.3, 0.4) is 0 Å². The maximum atomic E-state index is 13.0. The average Bonchev–Trinajstić information content (AvgIpc) is 2.58. The van der Waals surface area contributed by atoms with Crippen molar-refractivity contribution in [2.75, 3.05) is 0 Å². The molecule has 0 unspecified atom stereocenters. The summed E-state index contributed by atoms with van der Waals surface area (Å²) in [6.45, 7) is 0. The fourth-order valence-electron chi connectivity index (χ4n) is 2.37. The van der Waals surface area contributed by atoms with Gasteiger partial charge in [-0.05, 0) is 24.3 Å². The number of hydrogen-bond acceptors (Lipinski definition) is 3. The van der Waals surface area contributed by atoms with Crippen LogP contribution < -0.4 is 9.47 Å². The van der Waals surface area contributed by atoms with Crippen LogP contribution in [0.1, 0.15) is 22.3 Å². The summed E-state index contributed by atoms with van der Waals surface area (Å²) >= 11 is 0. The van der Waals surface area contributed by atoms with Gasteiger partial charge in [0.05, 0.1) is 22.3 Å². The van der Waals surface area contributed by atoms with Gasteiger partial charge in [0, 0.05) is 0 Å². The minimum Gasteiger partial charge on any atom is -0.393 e. The van der Waals surface area contributed by atoms with E-state index in [2.05, 4.69) is 9.47 Å². The van der Waals surface area contributed by atoms with Gasteiger partial charge in [-0.3, -0.25) is 0 Å². The van der Waals surface area contributed by atoms with Gasteiger partial charge in [-0.15, -0.1) is 0 Å². The summed E-state index contributed by atoms with van der Waals surface area (Å²) in [5.41, 5.74) is -8.71. The zero-order valence-electron chi connectivity index (χ0n) is 14.7. The summed E-state index contributed by atoms with van der Waals surface area (Å²) in [6.07, 6.45) is -24.9. The summed E-state index contributed by atoms with van der Waals surface area (Å²) in [6, 6.07) is 0.770. The molecule has 0 spiro atoms. The lowest BCUT2D eigenvalue weighted by Crippen LogP contribution is -2.23. The number of hydrogen-bond donors (Lipinski definition) is 0. The van der Waals surface area contributed by atoms with Crippen LogP contribution in [-0.2, 0) is 24.7 Å². The van der Waals surface area contributed by atoms with Crippen molar-refractivity contribution in [3.05, 3.63) is 58.7 Å². The Bertz CT molecular complexity index is 856. The molecule has 0 aromatic heterocycles. The van der Waals surface area contributed by atoms with E-state index >= 15 is 0 Å². The first-order valence-corrected chi connectivity index (χ1v) is 7.78. The second-order valence-corrected chi connectivity index (χ2v) is 5.81. The van der Waals surface area contributed by atoms with Crippen LogP contribution in [0.2, 0.25) is 0 Å². The standard InChI is InChI=1S/C17H6F12O3/c18-14(19,20)7-3-1-4-8(15(21,22)23)11(7)31-13(30)32-12-9(16(24,25)26)5-2-6-10(12)17(27,28)29/h1-6H. The maximum Gasteiger partial charge on any atom is 0.519 e. The topological polar surface area (TPSA) is 35.5 Å². The van der Waals surface area contributed by atoms with Crippen molar-refractivity contribution in [1.29, 1.82) is 0 Å². The number of ether oxygens (including phenoxy) is 2. The van der Waals surface area contributed by atoms with Gasteiger partial charge in [0.15, 0.2) is 11.5 Å². The van der Waals surface area contributed by atoms with Gasteiger partial charge in [0.2, 0.25) is 0 Å². The molecule has 0 saturated carbocycles. The largest absolute Gasteiger partial charge is 0.519 e. The molecule has 0 fully saturated rings. The van der Waals surface area contributed by atoms with E-state index in [0.717, 1.165) is 0 Å². The number of rotatable bonds is 2. The smallest absolute Gasteiger partial charge is 0.393 e.